The van der Waals surface area contributed by atoms with Crippen LogP contribution in [0.3, 0.4) is 0 Å². The van der Waals surface area contributed by atoms with E-state index in [1.165, 1.54) is 43.5 Å². The fourth-order valence-electron chi connectivity index (χ4n) is 1.82. The normalized spacial score (nSPS) is 10.2. The summed E-state index contributed by atoms with van der Waals surface area (Å²) in [7, 11) is 1.27. The average Bonchev–Trinajstić information content (AvgIpc) is 2.49. The van der Waals surface area contributed by atoms with Crippen molar-refractivity contribution in [1.82, 2.24) is 0 Å². The molecule has 0 spiro atoms. The van der Waals surface area contributed by atoms with Gasteiger partial charge in [-0.25, -0.2) is 4.79 Å². The van der Waals surface area contributed by atoms with Crippen molar-refractivity contribution in [2.24, 2.45) is 0 Å². The van der Waals surface area contributed by atoms with Gasteiger partial charge in [-0.3, -0.25) is 4.79 Å². The summed E-state index contributed by atoms with van der Waals surface area (Å²) in [6, 6.07) is 8.54. The number of phenols is 1. The fourth-order valence-corrected chi connectivity index (χ4v) is 2.05. The maximum atomic E-state index is 12.3. The van der Waals surface area contributed by atoms with Crippen LogP contribution in [0.15, 0.2) is 36.4 Å². The number of hydrogen-bond donors (Lipinski definition) is 2. The number of ketones is 1. The van der Waals surface area contributed by atoms with Gasteiger partial charge in [-0.05, 0) is 24.3 Å². The number of aromatic hydroxyl groups is 1. The minimum atomic E-state index is -0.496. The fraction of sp³-hybridized carbons (Fsp3) is 0.0667. The number of phenolic OH excluding ortho intramolecular Hbond substituents is 1. The molecule has 0 saturated heterocycles. The lowest BCUT2D eigenvalue weighted by Gasteiger charge is -2.08. The van der Waals surface area contributed by atoms with E-state index in [4.69, 9.17) is 17.3 Å². The van der Waals surface area contributed by atoms with E-state index in [1.54, 1.807) is 0 Å². The largest absolute Gasteiger partial charge is 0.505 e. The number of anilines is 1. The van der Waals surface area contributed by atoms with E-state index < -0.39 is 11.8 Å². The molecule has 0 heterocycles. The van der Waals surface area contributed by atoms with Gasteiger partial charge in [0.25, 0.3) is 0 Å². The molecule has 2 rings (SSSR count). The lowest BCUT2D eigenvalue weighted by molar-refractivity contribution is 0.0600. The minimum absolute atomic E-state index is 0.00539. The number of methoxy groups -OCH3 is 1. The monoisotopic (exact) mass is 305 g/mol. The molecule has 0 unspecified atom stereocenters. The summed E-state index contributed by atoms with van der Waals surface area (Å²) >= 11 is 5.83. The predicted molar refractivity (Wildman–Crippen MR) is 78.7 cm³/mol. The van der Waals surface area contributed by atoms with Crippen LogP contribution < -0.4 is 5.73 Å². The zero-order valence-corrected chi connectivity index (χ0v) is 11.8. The third-order valence-corrected chi connectivity index (χ3v) is 3.14. The number of nitrogens with two attached hydrogens (primary N) is 1. The Morgan fingerprint density at radius 2 is 1.71 bits per heavy atom. The number of esters is 1. The maximum absolute atomic E-state index is 12.3. The van der Waals surface area contributed by atoms with E-state index in [9.17, 15) is 14.7 Å². The molecular weight excluding hydrogens is 294 g/mol. The van der Waals surface area contributed by atoms with Gasteiger partial charge in [0, 0.05) is 10.6 Å². The van der Waals surface area contributed by atoms with Gasteiger partial charge in [0.05, 0.1) is 23.9 Å². The quantitative estimate of drug-likeness (QED) is 0.394. The van der Waals surface area contributed by atoms with E-state index in [0.717, 1.165) is 0 Å². The van der Waals surface area contributed by atoms with Crippen LogP contribution in [0.5, 0.6) is 5.75 Å². The number of nitrogen functional groups attached to an aromatic ring is 1. The van der Waals surface area contributed by atoms with Crippen LogP contribution in [0.1, 0.15) is 26.3 Å². The zero-order valence-electron chi connectivity index (χ0n) is 11.1. The van der Waals surface area contributed by atoms with Gasteiger partial charge < -0.3 is 15.6 Å². The molecule has 0 fully saturated rings. The number of carbonyl (C=O) groups is 2. The standard InChI is InChI=1S/C15H12ClNO4/c1-21-15(20)9-4-2-8(3-5-9)13(18)11-6-10(16)7-12(17)14(11)19/h2-7,19H,17H2,1H3. The molecular formula is C15H12ClNO4. The topological polar surface area (TPSA) is 89.6 Å². The SMILES string of the molecule is COC(=O)c1ccc(C(=O)c2cc(Cl)cc(N)c2O)cc1. The van der Waals surface area contributed by atoms with E-state index in [2.05, 4.69) is 4.74 Å². The number of benzene rings is 2. The van der Waals surface area contributed by atoms with Crippen molar-refractivity contribution in [3.05, 3.63) is 58.1 Å². The highest BCUT2D eigenvalue weighted by molar-refractivity contribution is 6.31. The molecule has 2 aromatic rings. The molecule has 0 aliphatic rings. The van der Waals surface area contributed by atoms with Crippen molar-refractivity contribution in [2.45, 2.75) is 0 Å². The average molecular weight is 306 g/mol. The Labute approximate surface area is 125 Å². The van der Waals surface area contributed by atoms with Gasteiger partial charge >= 0.3 is 5.97 Å². The molecule has 0 aliphatic heterocycles. The number of halogens is 1. The Hall–Kier alpha value is -2.53. The van der Waals surface area contributed by atoms with Gasteiger partial charge in [-0.2, -0.15) is 0 Å². The summed E-state index contributed by atoms with van der Waals surface area (Å²) in [4.78, 5) is 23.7. The Kier molecular flexibility index (Phi) is 4.14. The number of ether oxygens (including phenoxy) is 1. The van der Waals surface area contributed by atoms with Crippen molar-refractivity contribution in [2.75, 3.05) is 12.8 Å². The molecule has 108 valence electrons. The van der Waals surface area contributed by atoms with Gasteiger partial charge in [0.1, 0.15) is 5.75 Å². The maximum Gasteiger partial charge on any atom is 0.337 e. The van der Waals surface area contributed by atoms with Crippen molar-refractivity contribution in [3.8, 4) is 5.75 Å². The summed E-state index contributed by atoms with van der Waals surface area (Å²) in [6.07, 6.45) is 0. The highest BCUT2D eigenvalue weighted by Crippen LogP contribution is 2.30. The van der Waals surface area contributed by atoms with E-state index in [1.807, 2.05) is 0 Å². The summed E-state index contributed by atoms with van der Waals surface area (Å²) < 4.78 is 4.57. The molecule has 0 atom stereocenters. The van der Waals surface area contributed by atoms with Gasteiger partial charge in [0.2, 0.25) is 0 Å². The molecule has 2 aromatic carbocycles. The molecule has 0 bridgehead atoms. The molecule has 0 amide bonds. The summed E-state index contributed by atoms with van der Waals surface area (Å²) in [5.41, 5.74) is 6.22. The third kappa shape index (κ3) is 2.98. The molecule has 0 saturated carbocycles. The first-order valence-electron chi connectivity index (χ1n) is 5.95. The van der Waals surface area contributed by atoms with Crippen LogP contribution in [-0.2, 0) is 4.74 Å². The first kappa shape index (κ1) is 14.9. The second-order valence-electron chi connectivity index (χ2n) is 4.29. The van der Waals surface area contributed by atoms with Crippen LogP contribution >= 0.6 is 11.6 Å². The van der Waals surface area contributed by atoms with Crippen LogP contribution in [0, 0.1) is 0 Å². The lowest BCUT2D eigenvalue weighted by Crippen LogP contribution is -2.05. The van der Waals surface area contributed by atoms with Crippen molar-refractivity contribution in [1.29, 1.82) is 0 Å². The Bertz CT molecular complexity index is 710. The van der Waals surface area contributed by atoms with Crippen LogP contribution in [0.4, 0.5) is 5.69 Å². The smallest absolute Gasteiger partial charge is 0.337 e. The molecule has 5 nitrogen and oxygen atoms in total. The van der Waals surface area contributed by atoms with E-state index in [0.29, 0.717) is 11.1 Å². The van der Waals surface area contributed by atoms with Crippen LogP contribution in [-0.4, -0.2) is 24.0 Å². The molecule has 6 heteroatoms. The molecule has 21 heavy (non-hydrogen) atoms. The van der Waals surface area contributed by atoms with Gasteiger partial charge in [-0.15, -0.1) is 0 Å². The summed E-state index contributed by atoms with van der Waals surface area (Å²) in [5.74, 6) is -1.26. The molecule has 0 radical (unpaired) electrons. The summed E-state index contributed by atoms with van der Waals surface area (Å²) in [5, 5.41) is 10.1. The Morgan fingerprint density at radius 1 is 1.14 bits per heavy atom. The van der Waals surface area contributed by atoms with Crippen molar-refractivity contribution in [3.63, 3.8) is 0 Å². The van der Waals surface area contributed by atoms with Crippen LogP contribution in [0.25, 0.3) is 0 Å². The van der Waals surface area contributed by atoms with Crippen molar-refractivity contribution >= 4 is 29.0 Å². The third-order valence-electron chi connectivity index (χ3n) is 2.92. The van der Waals surface area contributed by atoms with Crippen LogP contribution in [0.2, 0.25) is 5.02 Å². The van der Waals surface area contributed by atoms with Gasteiger partial charge in [-0.1, -0.05) is 23.7 Å². The molecule has 3 N–H and O–H groups in total. The first-order chi connectivity index (χ1) is 9.93. The van der Waals surface area contributed by atoms with E-state index >= 15 is 0 Å². The minimum Gasteiger partial charge on any atom is -0.505 e. The second kappa shape index (κ2) is 5.85. The lowest BCUT2D eigenvalue weighted by atomic mass is 10.0. The molecule has 0 aromatic heterocycles. The van der Waals surface area contributed by atoms with Crippen molar-refractivity contribution < 1.29 is 19.4 Å². The predicted octanol–water partition coefficient (Wildman–Crippen LogP) is 2.65. The van der Waals surface area contributed by atoms with E-state index in [-0.39, 0.29) is 22.0 Å². The Balaban J connectivity index is 2.39. The first-order valence-corrected chi connectivity index (χ1v) is 6.33. The summed E-state index contributed by atoms with van der Waals surface area (Å²) in [6.45, 7) is 0. The highest BCUT2D eigenvalue weighted by atomic mass is 35.5. The second-order valence-corrected chi connectivity index (χ2v) is 4.73. The zero-order chi connectivity index (χ0) is 15.6. The number of hydrogen-bond acceptors (Lipinski definition) is 5. The number of rotatable bonds is 3. The molecule has 0 aliphatic carbocycles. The Morgan fingerprint density at radius 3 is 2.29 bits per heavy atom. The van der Waals surface area contributed by atoms with Gasteiger partial charge in [0.15, 0.2) is 5.78 Å². The number of carbonyl (C=O) groups excluding carboxylic acids is 2. The highest BCUT2D eigenvalue weighted by Gasteiger charge is 2.17.